The fraction of sp³-hybridized carbons (Fsp3) is 0.292. The normalized spacial score (nSPS) is 15.8. The van der Waals surface area contributed by atoms with Crippen LogP contribution in [0.15, 0.2) is 42.4 Å². The van der Waals surface area contributed by atoms with Crippen LogP contribution in [0.3, 0.4) is 0 Å². The molecule has 0 aromatic carbocycles. The number of allylic oxidation sites excluding steroid dienone is 1. The highest BCUT2D eigenvalue weighted by Gasteiger charge is 2.23. The number of pyridine rings is 3. The molecule has 4 heterocycles. The minimum absolute atomic E-state index is 0.205. The topological polar surface area (TPSA) is 163 Å². The lowest BCUT2D eigenvalue weighted by Crippen LogP contribution is -2.14. The molecule has 1 amide bonds. The van der Waals surface area contributed by atoms with Crippen molar-refractivity contribution in [3.8, 4) is 11.3 Å². The van der Waals surface area contributed by atoms with Gasteiger partial charge >= 0.3 is 0 Å². The molecule has 4 aromatic rings. The Bertz CT molecular complexity index is 1450. The van der Waals surface area contributed by atoms with Gasteiger partial charge in [-0.05, 0) is 66.1 Å². The Morgan fingerprint density at radius 3 is 2.71 bits per heavy atom. The number of hydrogen-bond donors (Lipinski definition) is 3. The zero-order valence-corrected chi connectivity index (χ0v) is 19.6. The molecule has 0 saturated heterocycles. The number of rotatable bonds is 4. The van der Waals surface area contributed by atoms with Crippen LogP contribution in [-0.2, 0) is 11.8 Å². The maximum absolute atomic E-state index is 12.7. The van der Waals surface area contributed by atoms with E-state index in [1.807, 2.05) is 20.0 Å². The molecule has 0 unspecified atom stereocenters. The highest BCUT2D eigenvalue weighted by atomic mass is 16.1. The number of aryl methyl sites for hydroxylation is 1. The van der Waals surface area contributed by atoms with Gasteiger partial charge < -0.3 is 16.8 Å². The number of carbonyl (C=O) groups is 1. The maximum atomic E-state index is 12.7. The van der Waals surface area contributed by atoms with Crippen LogP contribution >= 0.6 is 0 Å². The molecule has 11 heteroatoms. The van der Waals surface area contributed by atoms with Gasteiger partial charge in [-0.2, -0.15) is 0 Å². The maximum Gasteiger partial charge on any atom is 0.249 e. The van der Waals surface area contributed by atoms with Gasteiger partial charge in [0.25, 0.3) is 0 Å². The number of nitrogens with zero attached hydrogens (tertiary/aromatic N) is 7. The molecule has 1 aliphatic carbocycles. The van der Waals surface area contributed by atoms with Crippen molar-refractivity contribution in [1.29, 1.82) is 0 Å². The van der Waals surface area contributed by atoms with Gasteiger partial charge in [-0.25, -0.2) is 14.6 Å². The van der Waals surface area contributed by atoms with E-state index in [9.17, 15) is 4.79 Å². The Balaban J connectivity index is 1.32. The summed E-state index contributed by atoms with van der Waals surface area (Å²) in [6.07, 6.45) is 10.1. The van der Waals surface area contributed by atoms with Crippen molar-refractivity contribution in [2.24, 2.45) is 7.05 Å². The Morgan fingerprint density at radius 1 is 1.17 bits per heavy atom. The van der Waals surface area contributed by atoms with Crippen LogP contribution in [0.25, 0.3) is 22.0 Å². The fourth-order valence-corrected chi connectivity index (χ4v) is 4.50. The molecule has 5 N–H and O–H groups in total. The second-order valence-corrected chi connectivity index (χ2v) is 8.81. The molecule has 5 rings (SSSR count). The monoisotopic (exact) mass is 470 g/mol. The molecule has 11 nitrogen and oxygen atoms in total. The van der Waals surface area contributed by atoms with Crippen molar-refractivity contribution in [2.45, 2.75) is 38.5 Å². The SMILES string of the molecule is Cc1c(N)cncc1-c1cc2cc(NC(=O)C=C3CCC(c4nnnn4C)CC3)ncc2c(N)n1. The third kappa shape index (κ3) is 4.52. The smallest absolute Gasteiger partial charge is 0.249 e. The van der Waals surface area contributed by atoms with E-state index in [1.54, 1.807) is 35.4 Å². The predicted octanol–water partition coefficient (Wildman–Crippen LogP) is 2.91. The van der Waals surface area contributed by atoms with Crippen LogP contribution in [0, 0.1) is 6.92 Å². The predicted molar refractivity (Wildman–Crippen MR) is 133 cm³/mol. The van der Waals surface area contributed by atoms with E-state index in [2.05, 4.69) is 35.8 Å². The van der Waals surface area contributed by atoms with Crippen molar-refractivity contribution >= 4 is 34.0 Å². The first kappa shape index (κ1) is 22.4. The zero-order chi connectivity index (χ0) is 24.5. The van der Waals surface area contributed by atoms with Gasteiger partial charge in [0, 0.05) is 42.4 Å². The van der Waals surface area contributed by atoms with Gasteiger partial charge in [0.15, 0.2) is 5.82 Å². The Labute approximate surface area is 201 Å². The first-order chi connectivity index (χ1) is 16.9. The second kappa shape index (κ2) is 9.09. The third-order valence-electron chi connectivity index (χ3n) is 6.51. The van der Waals surface area contributed by atoms with E-state index in [-0.39, 0.29) is 5.91 Å². The summed E-state index contributed by atoms with van der Waals surface area (Å²) >= 11 is 0. The van der Waals surface area contributed by atoms with Gasteiger partial charge in [0.05, 0.1) is 17.6 Å². The molecule has 1 aliphatic rings. The van der Waals surface area contributed by atoms with Gasteiger partial charge in [0.2, 0.25) is 5.91 Å². The standard InChI is InChI=1S/C24H26N10O/c1-13-17(10-27-12-19(13)25)20-8-16-9-21(28-11-18(16)23(26)29-20)30-22(35)7-14-3-5-15(6-4-14)24-31-32-33-34(24)2/h7-12,15H,3-6,25H2,1-2H3,(H2,26,29)(H,28,30,35). The first-order valence-corrected chi connectivity index (χ1v) is 11.4. The molecule has 0 atom stereocenters. The molecular formula is C24H26N10O. The number of hydrogen-bond acceptors (Lipinski definition) is 9. The average molecular weight is 471 g/mol. The first-order valence-electron chi connectivity index (χ1n) is 11.4. The largest absolute Gasteiger partial charge is 0.397 e. The molecule has 35 heavy (non-hydrogen) atoms. The Morgan fingerprint density at radius 2 is 1.97 bits per heavy atom. The summed E-state index contributed by atoms with van der Waals surface area (Å²) in [7, 11) is 1.85. The van der Waals surface area contributed by atoms with Crippen molar-refractivity contribution < 1.29 is 4.79 Å². The van der Waals surface area contributed by atoms with Crippen LogP contribution in [0.2, 0.25) is 0 Å². The Hall–Kier alpha value is -4.41. The number of nitrogens with two attached hydrogens (primary N) is 2. The van der Waals surface area contributed by atoms with Crippen LogP contribution in [0.1, 0.15) is 43.0 Å². The van der Waals surface area contributed by atoms with Gasteiger partial charge in [0.1, 0.15) is 11.6 Å². The molecule has 1 fully saturated rings. The summed E-state index contributed by atoms with van der Waals surface area (Å²) < 4.78 is 1.72. The van der Waals surface area contributed by atoms with E-state index >= 15 is 0 Å². The number of amides is 1. The van der Waals surface area contributed by atoms with Crippen molar-refractivity contribution in [3.63, 3.8) is 0 Å². The minimum Gasteiger partial charge on any atom is -0.397 e. The zero-order valence-electron chi connectivity index (χ0n) is 19.6. The van der Waals surface area contributed by atoms with Crippen molar-refractivity contribution in [2.75, 3.05) is 16.8 Å². The van der Waals surface area contributed by atoms with Crippen LogP contribution in [0.5, 0.6) is 0 Å². The van der Waals surface area contributed by atoms with Crippen LogP contribution in [-0.4, -0.2) is 41.1 Å². The van der Waals surface area contributed by atoms with E-state index in [1.165, 1.54) is 0 Å². The molecule has 0 aliphatic heterocycles. The number of aromatic nitrogens is 7. The van der Waals surface area contributed by atoms with E-state index in [0.29, 0.717) is 34.3 Å². The summed E-state index contributed by atoms with van der Waals surface area (Å²) in [6.45, 7) is 1.91. The summed E-state index contributed by atoms with van der Waals surface area (Å²) in [5.41, 5.74) is 16.2. The van der Waals surface area contributed by atoms with Gasteiger partial charge in [-0.15, -0.1) is 5.10 Å². The molecule has 1 saturated carbocycles. The van der Waals surface area contributed by atoms with Crippen molar-refractivity contribution in [3.05, 3.63) is 53.8 Å². The van der Waals surface area contributed by atoms with Gasteiger partial charge in [-0.1, -0.05) is 5.57 Å². The lowest BCUT2D eigenvalue weighted by molar-refractivity contribution is -0.112. The molecular weight excluding hydrogens is 444 g/mol. The minimum atomic E-state index is -0.205. The highest BCUT2D eigenvalue weighted by Crippen LogP contribution is 2.34. The third-order valence-corrected chi connectivity index (χ3v) is 6.51. The van der Waals surface area contributed by atoms with Crippen LogP contribution in [0.4, 0.5) is 17.3 Å². The number of fused-ring (bicyclic) bond motifs is 1. The fourth-order valence-electron chi connectivity index (χ4n) is 4.50. The number of anilines is 3. The quantitative estimate of drug-likeness (QED) is 0.380. The molecule has 0 spiro atoms. The highest BCUT2D eigenvalue weighted by molar-refractivity contribution is 6.01. The summed E-state index contributed by atoms with van der Waals surface area (Å²) in [6, 6.07) is 3.69. The Kier molecular flexibility index (Phi) is 5.81. The van der Waals surface area contributed by atoms with Crippen LogP contribution < -0.4 is 16.8 Å². The summed E-state index contributed by atoms with van der Waals surface area (Å²) in [5.74, 6) is 1.79. The average Bonchev–Trinajstić information content (AvgIpc) is 3.27. The number of carbonyl (C=O) groups excluding carboxylic acids is 1. The van der Waals surface area contributed by atoms with E-state index < -0.39 is 0 Å². The lowest BCUT2D eigenvalue weighted by Gasteiger charge is -2.22. The summed E-state index contributed by atoms with van der Waals surface area (Å²) in [5, 5.41) is 16.1. The number of nitrogen functional groups attached to an aromatic ring is 2. The van der Waals surface area contributed by atoms with E-state index in [0.717, 1.165) is 53.6 Å². The molecule has 4 aromatic heterocycles. The summed E-state index contributed by atoms with van der Waals surface area (Å²) in [4.78, 5) is 25.7. The molecule has 0 bridgehead atoms. The van der Waals surface area contributed by atoms with Gasteiger partial charge in [-0.3, -0.25) is 9.78 Å². The number of nitrogens with one attached hydrogen (secondary N) is 1. The van der Waals surface area contributed by atoms with Crippen molar-refractivity contribution in [1.82, 2.24) is 35.2 Å². The number of tetrazole rings is 1. The van der Waals surface area contributed by atoms with E-state index in [4.69, 9.17) is 11.5 Å². The molecule has 0 radical (unpaired) electrons. The molecule has 178 valence electrons. The second-order valence-electron chi connectivity index (χ2n) is 8.81. The lowest BCUT2D eigenvalue weighted by atomic mass is 9.85.